The topological polar surface area (TPSA) is 41.1 Å². The van der Waals surface area contributed by atoms with Gasteiger partial charge in [0.2, 0.25) is 5.91 Å². The minimum atomic E-state index is -0.00987. The van der Waals surface area contributed by atoms with E-state index in [4.69, 9.17) is 0 Å². The lowest BCUT2D eigenvalue weighted by molar-refractivity contribution is -0.118. The van der Waals surface area contributed by atoms with Crippen LogP contribution < -0.4 is 10.6 Å². The second-order valence-electron chi connectivity index (χ2n) is 5.56. The molecule has 2 N–H and O–H groups in total. The zero-order valence-electron chi connectivity index (χ0n) is 12.8. The molecule has 21 heavy (non-hydrogen) atoms. The highest BCUT2D eigenvalue weighted by Gasteiger charge is 2.06. The van der Waals surface area contributed by atoms with Gasteiger partial charge in [-0.15, -0.1) is 0 Å². The van der Waals surface area contributed by atoms with Gasteiger partial charge in [0, 0.05) is 23.8 Å². The molecule has 0 aromatic heterocycles. The minimum absolute atomic E-state index is 0.00987. The number of carbonyl (C=O) groups is 1. The average Bonchev–Trinajstić information content (AvgIpc) is 2.48. The van der Waals surface area contributed by atoms with Crippen molar-refractivity contribution in [2.45, 2.75) is 27.3 Å². The molecular formula is C18H22N2O. The summed E-state index contributed by atoms with van der Waals surface area (Å²) < 4.78 is 0. The van der Waals surface area contributed by atoms with E-state index in [1.807, 2.05) is 38.1 Å². The Kier molecular flexibility index (Phi) is 4.99. The van der Waals surface area contributed by atoms with E-state index in [0.717, 1.165) is 17.9 Å². The predicted molar refractivity (Wildman–Crippen MR) is 88.4 cm³/mol. The number of hydrogen-bond donors (Lipinski definition) is 2. The average molecular weight is 282 g/mol. The van der Waals surface area contributed by atoms with Gasteiger partial charge in [-0.25, -0.2) is 0 Å². The van der Waals surface area contributed by atoms with Crippen LogP contribution in [0.15, 0.2) is 48.5 Å². The first-order valence-corrected chi connectivity index (χ1v) is 7.25. The van der Waals surface area contributed by atoms with Gasteiger partial charge in [0.25, 0.3) is 0 Å². The molecule has 2 rings (SSSR count). The van der Waals surface area contributed by atoms with Crippen LogP contribution in [0.25, 0.3) is 0 Å². The van der Waals surface area contributed by atoms with Crippen LogP contribution in [0, 0.1) is 12.8 Å². The monoisotopic (exact) mass is 282 g/mol. The maximum atomic E-state index is 11.6. The van der Waals surface area contributed by atoms with Crippen LogP contribution in [0.1, 0.15) is 25.0 Å². The standard InChI is InChI=1S/C18H22N2O/c1-13(2)18(21)20-17-10-8-16(9-11-17)19-12-15-6-4-14(3)5-7-15/h4-11,13,19H,12H2,1-3H3,(H,20,21). The Hall–Kier alpha value is -2.29. The van der Waals surface area contributed by atoms with E-state index in [1.54, 1.807) is 0 Å². The Labute approximate surface area is 126 Å². The fourth-order valence-electron chi connectivity index (χ4n) is 1.87. The summed E-state index contributed by atoms with van der Waals surface area (Å²) in [5.74, 6) is 0.0275. The third kappa shape index (κ3) is 4.63. The van der Waals surface area contributed by atoms with Crippen molar-refractivity contribution in [2.75, 3.05) is 10.6 Å². The molecule has 3 heteroatoms. The van der Waals surface area contributed by atoms with Gasteiger partial charge < -0.3 is 10.6 Å². The number of aryl methyl sites for hydroxylation is 1. The lowest BCUT2D eigenvalue weighted by atomic mass is 10.1. The molecule has 0 radical (unpaired) electrons. The van der Waals surface area contributed by atoms with Gasteiger partial charge in [0.05, 0.1) is 0 Å². The summed E-state index contributed by atoms with van der Waals surface area (Å²) in [6.45, 7) is 6.64. The normalized spacial score (nSPS) is 10.5. The first-order chi connectivity index (χ1) is 10.0. The zero-order chi connectivity index (χ0) is 15.2. The van der Waals surface area contributed by atoms with E-state index in [2.05, 4.69) is 41.8 Å². The van der Waals surface area contributed by atoms with Gasteiger partial charge in [-0.2, -0.15) is 0 Å². The van der Waals surface area contributed by atoms with Crippen molar-refractivity contribution >= 4 is 17.3 Å². The lowest BCUT2D eigenvalue weighted by Gasteiger charge is -2.10. The van der Waals surface area contributed by atoms with Crippen LogP contribution in [0.4, 0.5) is 11.4 Å². The molecule has 110 valence electrons. The third-order valence-corrected chi connectivity index (χ3v) is 3.29. The Morgan fingerprint density at radius 1 is 0.952 bits per heavy atom. The van der Waals surface area contributed by atoms with Gasteiger partial charge in [-0.1, -0.05) is 43.7 Å². The molecular weight excluding hydrogens is 260 g/mol. The van der Waals surface area contributed by atoms with E-state index in [1.165, 1.54) is 11.1 Å². The van der Waals surface area contributed by atoms with Crippen LogP contribution in [0.3, 0.4) is 0 Å². The van der Waals surface area contributed by atoms with E-state index >= 15 is 0 Å². The van der Waals surface area contributed by atoms with E-state index in [-0.39, 0.29) is 11.8 Å². The van der Waals surface area contributed by atoms with Gasteiger partial charge in [-0.3, -0.25) is 4.79 Å². The van der Waals surface area contributed by atoms with Crippen molar-refractivity contribution < 1.29 is 4.79 Å². The number of benzene rings is 2. The minimum Gasteiger partial charge on any atom is -0.381 e. The molecule has 0 atom stereocenters. The van der Waals surface area contributed by atoms with Gasteiger partial charge >= 0.3 is 0 Å². The largest absolute Gasteiger partial charge is 0.381 e. The molecule has 0 aliphatic rings. The second-order valence-corrected chi connectivity index (χ2v) is 5.56. The molecule has 0 saturated carbocycles. The molecule has 1 amide bonds. The molecule has 0 heterocycles. The highest BCUT2D eigenvalue weighted by atomic mass is 16.1. The zero-order valence-corrected chi connectivity index (χ0v) is 12.8. The molecule has 0 bridgehead atoms. The van der Waals surface area contributed by atoms with Crippen LogP contribution >= 0.6 is 0 Å². The molecule has 2 aromatic rings. The number of hydrogen-bond acceptors (Lipinski definition) is 2. The Balaban J connectivity index is 1.90. The molecule has 3 nitrogen and oxygen atoms in total. The molecule has 2 aromatic carbocycles. The Morgan fingerprint density at radius 2 is 1.52 bits per heavy atom. The summed E-state index contributed by atoms with van der Waals surface area (Å²) in [6, 6.07) is 16.3. The summed E-state index contributed by atoms with van der Waals surface area (Å²) in [5.41, 5.74) is 4.38. The van der Waals surface area contributed by atoms with Gasteiger partial charge in [0.15, 0.2) is 0 Å². The summed E-state index contributed by atoms with van der Waals surface area (Å²) in [5, 5.41) is 6.25. The number of rotatable bonds is 5. The number of nitrogens with one attached hydrogen (secondary N) is 2. The summed E-state index contributed by atoms with van der Waals surface area (Å²) in [6.07, 6.45) is 0. The third-order valence-electron chi connectivity index (χ3n) is 3.29. The number of amides is 1. The summed E-state index contributed by atoms with van der Waals surface area (Å²) >= 11 is 0. The lowest BCUT2D eigenvalue weighted by Crippen LogP contribution is -2.17. The highest BCUT2D eigenvalue weighted by Crippen LogP contribution is 2.15. The predicted octanol–water partition coefficient (Wildman–Crippen LogP) is 4.20. The van der Waals surface area contributed by atoms with Crippen molar-refractivity contribution in [3.63, 3.8) is 0 Å². The SMILES string of the molecule is Cc1ccc(CNc2ccc(NC(=O)C(C)C)cc2)cc1. The quantitative estimate of drug-likeness (QED) is 0.863. The molecule has 0 aliphatic carbocycles. The van der Waals surface area contributed by atoms with E-state index < -0.39 is 0 Å². The first kappa shape index (κ1) is 15.1. The Bertz CT molecular complexity index is 586. The highest BCUT2D eigenvalue weighted by molar-refractivity contribution is 5.92. The van der Waals surface area contributed by atoms with Crippen molar-refractivity contribution in [3.8, 4) is 0 Å². The molecule has 0 aliphatic heterocycles. The Morgan fingerprint density at radius 3 is 2.10 bits per heavy atom. The van der Waals surface area contributed by atoms with Crippen LogP contribution in [-0.2, 0) is 11.3 Å². The first-order valence-electron chi connectivity index (χ1n) is 7.25. The van der Waals surface area contributed by atoms with E-state index in [9.17, 15) is 4.79 Å². The van der Waals surface area contributed by atoms with Crippen molar-refractivity contribution in [2.24, 2.45) is 5.92 Å². The maximum Gasteiger partial charge on any atom is 0.226 e. The molecule has 0 fully saturated rings. The summed E-state index contributed by atoms with van der Waals surface area (Å²) in [7, 11) is 0. The van der Waals surface area contributed by atoms with Crippen molar-refractivity contribution in [1.82, 2.24) is 0 Å². The smallest absolute Gasteiger partial charge is 0.226 e. The van der Waals surface area contributed by atoms with Crippen LogP contribution in [0.2, 0.25) is 0 Å². The summed E-state index contributed by atoms with van der Waals surface area (Å²) in [4.78, 5) is 11.6. The van der Waals surface area contributed by atoms with Crippen molar-refractivity contribution in [3.05, 3.63) is 59.7 Å². The number of anilines is 2. The van der Waals surface area contributed by atoms with Crippen LogP contribution in [0.5, 0.6) is 0 Å². The molecule has 0 unspecified atom stereocenters. The molecule has 0 saturated heterocycles. The van der Waals surface area contributed by atoms with Gasteiger partial charge in [-0.05, 0) is 36.8 Å². The maximum absolute atomic E-state index is 11.6. The molecule has 0 spiro atoms. The fourth-order valence-corrected chi connectivity index (χ4v) is 1.87. The van der Waals surface area contributed by atoms with Gasteiger partial charge in [0.1, 0.15) is 0 Å². The van der Waals surface area contributed by atoms with Crippen LogP contribution in [-0.4, -0.2) is 5.91 Å². The van der Waals surface area contributed by atoms with E-state index in [0.29, 0.717) is 0 Å². The second kappa shape index (κ2) is 6.93. The van der Waals surface area contributed by atoms with Crippen molar-refractivity contribution in [1.29, 1.82) is 0 Å². The fraction of sp³-hybridized carbons (Fsp3) is 0.278. The number of carbonyl (C=O) groups excluding carboxylic acids is 1.